The van der Waals surface area contributed by atoms with Crippen molar-refractivity contribution >= 4 is 17.9 Å². The van der Waals surface area contributed by atoms with E-state index < -0.39 is 29.3 Å². The Morgan fingerprint density at radius 1 is 1.11 bits per heavy atom. The quantitative estimate of drug-likeness (QED) is 0.348. The van der Waals surface area contributed by atoms with E-state index in [2.05, 4.69) is 15.0 Å². The van der Waals surface area contributed by atoms with Crippen LogP contribution < -0.4 is 15.8 Å². The summed E-state index contributed by atoms with van der Waals surface area (Å²) in [5.74, 6) is 0.422. The van der Waals surface area contributed by atoms with Crippen LogP contribution in [0.3, 0.4) is 0 Å². The van der Waals surface area contributed by atoms with Crippen LogP contribution in [0.4, 0.5) is 10.6 Å². The van der Waals surface area contributed by atoms with Crippen LogP contribution in [-0.4, -0.2) is 41.1 Å². The Bertz CT molecular complexity index is 1030. The Morgan fingerprint density at radius 2 is 1.77 bits per heavy atom. The van der Waals surface area contributed by atoms with Crippen LogP contribution in [0.15, 0.2) is 36.5 Å². The molecule has 0 aliphatic carbocycles. The third kappa shape index (κ3) is 7.66. The van der Waals surface area contributed by atoms with Crippen LogP contribution in [0.5, 0.6) is 5.75 Å². The fourth-order valence-corrected chi connectivity index (χ4v) is 3.66. The molecule has 1 aromatic heterocycles. The Labute approximate surface area is 207 Å². The van der Waals surface area contributed by atoms with Gasteiger partial charge in [-0.2, -0.15) is 0 Å². The molecule has 0 fully saturated rings. The third-order valence-electron chi connectivity index (χ3n) is 5.32. The lowest BCUT2D eigenvalue weighted by Crippen LogP contribution is -2.52. The zero-order valence-electron chi connectivity index (χ0n) is 21.5. The number of anilines is 1. The largest absolute Gasteiger partial charge is 0.474 e. The van der Waals surface area contributed by atoms with Crippen LogP contribution in [0.1, 0.15) is 53.5 Å². The van der Waals surface area contributed by atoms with Gasteiger partial charge in [0.15, 0.2) is 6.23 Å². The molecule has 0 spiro atoms. The number of nitrogens with zero attached hydrogens (tertiary/aromatic N) is 1. The summed E-state index contributed by atoms with van der Waals surface area (Å²) < 4.78 is 16.3. The average molecular weight is 488 g/mol. The van der Waals surface area contributed by atoms with E-state index in [9.17, 15) is 14.7 Å². The molecule has 9 heteroatoms. The fourth-order valence-electron chi connectivity index (χ4n) is 3.66. The number of carbonyl (C=O) groups excluding carboxylic acids is 2. The second-order valence-electron chi connectivity index (χ2n) is 10.1. The van der Waals surface area contributed by atoms with Crippen molar-refractivity contribution in [2.24, 2.45) is 17.1 Å². The smallest absolute Gasteiger partial charge is 0.412 e. The Kier molecular flexibility index (Phi) is 9.23. The van der Waals surface area contributed by atoms with Gasteiger partial charge in [-0.3, -0.25) is 15.8 Å². The van der Waals surface area contributed by atoms with Crippen LogP contribution in [0.25, 0.3) is 11.1 Å². The lowest BCUT2D eigenvalue weighted by atomic mass is 9.80. The van der Waals surface area contributed by atoms with Crippen molar-refractivity contribution in [1.82, 2.24) is 4.98 Å². The maximum absolute atomic E-state index is 13.1. The summed E-state index contributed by atoms with van der Waals surface area (Å²) in [4.78, 5) is 28.7. The SMILES string of the molecule is COC(=O)Nc1cc(-c2ccc(O[C@H](N)C(C)(CC(C)C)C(=O)OC(C)(C)C)c(CO)c2)ccn1. The van der Waals surface area contributed by atoms with E-state index in [1.165, 1.54) is 7.11 Å². The molecule has 0 saturated carbocycles. The van der Waals surface area contributed by atoms with Gasteiger partial charge in [-0.1, -0.05) is 19.9 Å². The number of hydrogen-bond acceptors (Lipinski definition) is 8. The topological polar surface area (TPSA) is 133 Å². The number of methoxy groups -OCH3 is 1. The monoisotopic (exact) mass is 487 g/mol. The van der Waals surface area contributed by atoms with E-state index in [-0.39, 0.29) is 12.5 Å². The number of nitrogens with two attached hydrogens (primary N) is 1. The summed E-state index contributed by atoms with van der Waals surface area (Å²) in [5, 5.41) is 12.5. The van der Waals surface area contributed by atoms with Crippen molar-refractivity contribution in [3.8, 4) is 16.9 Å². The van der Waals surface area contributed by atoms with Crippen LogP contribution >= 0.6 is 0 Å². The molecule has 1 aromatic carbocycles. The van der Waals surface area contributed by atoms with Gasteiger partial charge in [0.1, 0.15) is 22.6 Å². The number of aliphatic hydroxyl groups excluding tert-OH is 1. The van der Waals surface area contributed by atoms with Gasteiger partial charge in [0, 0.05) is 11.8 Å². The number of amides is 1. The summed E-state index contributed by atoms with van der Waals surface area (Å²) in [6.45, 7) is 10.9. The fraction of sp³-hybridized carbons (Fsp3) is 0.500. The number of rotatable bonds is 9. The molecule has 192 valence electrons. The summed E-state index contributed by atoms with van der Waals surface area (Å²) in [6, 6.07) is 8.70. The van der Waals surface area contributed by atoms with Gasteiger partial charge < -0.3 is 19.3 Å². The van der Waals surface area contributed by atoms with Crippen LogP contribution in [-0.2, 0) is 20.9 Å². The molecule has 9 nitrogen and oxygen atoms in total. The number of esters is 1. The van der Waals surface area contributed by atoms with Gasteiger partial charge in [-0.25, -0.2) is 9.78 Å². The normalized spacial score (nSPS) is 14.1. The van der Waals surface area contributed by atoms with Gasteiger partial charge >= 0.3 is 12.1 Å². The highest BCUT2D eigenvalue weighted by molar-refractivity contribution is 5.84. The molecule has 0 aliphatic heterocycles. The average Bonchev–Trinajstić information content (AvgIpc) is 2.77. The zero-order valence-corrected chi connectivity index (χ0v) is 21.5. The number of ether oxygens (including phenoxy) is 3. The molecule has 1 heterocycles. The lowest BCUT2D eigenvalue weighted by molar-refractivity contribution is -0.174. The minimum absolute atomic E-state index is 0.168. The summed E-state index contributed by atoms with van der Waals surface area (Å²) in [7, 11) is 1.27. The molecule has 2 rings (SSSR count). The molecule has 35 heavy (non-hydrogen) atoms. The number of benzene rings is 1. The molecule has 1 unspecified atom stereocenters. The molecule has 4 N–H and O–H groups in total. The van der Waals surface area contributed by atoms with Crippen molar-refractivity contribution in [2.75, 3.05) is 12.4 Å². The summed E-state index contributed by atoms with van der Waals surface area (Å²) in [5.41, 5.74) is 6.69. The molecule has 0 bridgehead atoms. The van der Waals surface area contributed by atoms with E-state index >= 15 is 0 Å². The molecule has 0 saturated heterocycles. The predicted molar refractivity (Wildman–Crippen MR) is 134 cm³/mol. The summed E-state index contributed by atoms with van der Waals surface area (Å²) >= 11 is 0. The van der Waals surface area contributed by atoms with Crippen molar-refractivity contribution in [3.63, 3.8) is 0 Å². The third-order valence-corrected chi connectivity index (χ3v) is 5.32. The molecule has 2 atom stereocenters. The molecule has 2 aromatic rings. The van der Waals surface area contributed by atoms with Gasteiger partial charge in [-0.05, 0) is 75.4 Å². The molecular weight excluding hydrogens is 450 g/mol. The highest BCUT2D eigenvalue weighted by atomic mass is 16.6. The molecule has 0 aliphatic rings. The van der Waals surface area contributed by atoms with Crippen molar-refractivity contribution in [1.29, 1.82) is 0 Å². The van der Waals surface area contributed by atoms with Crippen LogP contribution in [0, 0.1) is 11.3 Å². The van der Waals surface area contributed by atoms with E-state index in [0.717, 1.165) is 11.1 Å². The second-order valence-corrected chi connectivity index (χ2v) is 10.1. The highest BCUT2D eigenvalue weighted by Gasteiger charge is 2.45. The van der Waals surface area contributed by atoms with Crippen molar-refractivity contribution < 1.29 is 28.9 Å². The first-order chi connectivity index (χ1) is 16.3. The Hall–Kier alpha value is -3.17. The number of aromatic nitrogens is 1. The number of hydrogen-bond donors (Lipinski definition) is 3. The first kappa shape index (κ1) is 28.1. The minimum atomic E-state index is -1.10. The van der Waals surface area contributed by atoms with Crippen molar-refractivity contribution in [2.45, 2.75) is 66.4 Å². The number of pyridine rings is 1. The van der Waals surface area contributed by atoms with E-state index in [1.807, 2.05) is 13.8 Å². The van der Waals surface area contributed by atoms with Gasteiger partial charge in [0.2, 0.25) is 0 Å². The van der Waals surface area contributed by atoms with Gasteiger partial charge in [0.05, 0.1) is 13.7 Å². The van der Waals surface area contributed by atoms with E-state index in [1.54, 1.807) is 64.2 Å². The van der Waals surface area contributed by atoms with Gasteiger partial charge in [0.25, 0.3) is 0 Å². The summed E-state index contributed by atoms with van der Waals surface area (Å²) in [6.07, 6.45) is 0.380. The Balaban J connectivity index is 2.33. The zero-order chi connectivity index (χ0) is 26.4. The number of aliphatic hydroxyl groups is 1. The van der Waals surface area contributed by atoms with E-state index in [0.29, 0.717) is 23.6 Å². The lowest BCUT2D eigenvalue weighted by Gasteiger charge is -2.37. The molecular formula is C26H37N3O6. The van der Waals surface area contributed by atoms with E-state index in [4.69, 9.17) is 15.2 Å². The first-order valence-electron chi connectivity index (χ1n) is 11.5. The molecule has 1 amide bonds. The minimum Gasteiger partial charge on any atom is -0.474 e. The highest BCUT2D eigenvalue weighted by Crippen LogP contribution is 2.35. The maximum atomic E-state index is 13.1. The number of carbonyl (C=O) groups is 2. The first-order valence-corrected chi connectivity index (χ1v) is 11.5. The Morgan fingerprint density at radius 3 is 2.34 bits per heavy atom. The van der Waals surface area contributed by atoms with Crippen LogP contribution in [0.2, 0.25) is 0 Å². The molecule has 0 radical (unpaired) electrons. The number of nitrogens with one attached hydrogen (secondary N) is 1. The van der Waals surface area contributed by atoms with Gasteiger partial charge in [-0.15, -0.1) is 0 Å². The predicted octanol–water partition coefficient (Wildman–Crippen LogP) is 4.48. The second kappa shape index (κ2) is 11.5. The van der Waals surface area contributed by atoms with Crippen molar-refractivity contribution in [3.05, 3.63) is 42.1 Å². The standard InChI is InChI=1S/C26H37N3O6/c1-16(2)14-26(6,23(31)35-25(3,4)5)22(27)34-20-9-8-17(12-19(20)15-30)18-10-11-28-21(13-18)29-24(32)33-7/h8-13,16,22,30H,14-15,27H2,1-7H3,(H,28,29,32)/t22-,26?/m0/s1. The maximum Gasteiger partial charge on any atom is 0.412 e.